The van der Waals surface area contributed by atoms with Crippen LogP contribution in [0.5, 0.6) is 0 Å². The van der Waals surface area contributed by atoms with E-state index in [-0.39, 0.29) is 24.9 Å². The number of rotatable bonds is 50. The molecule has 3 N–H and O–H groups in total. The summed E-state index contributed by atoms with van der Waals surface area (Å²) in [5, 5.41) is 23.9. The zero-order chi connectivity index (χ0) is 48.8. The van der Waals surface area contributed by atoms with Gasteiger partial charge < -0.3 is 20.3 Å². The number of allylic oxidation sites excluding steroid dienone is 14. The van der Waals surface area contributed by atoms with Gasteiger partial charge >= 0.3 is 5.97 Å². The second-order valence-corrected chi connectivity index (χ2v) is 19.1. The van der Waals surface area contributed by atoms with Crippen LogP contribution in [0.2, 0.25) is 0 Å². The molecule has 0 heterocycles. The van der Waals surface area contributed by atoms with E-state index in [2.05, 4.69) is 74.7 Å². The normalized spacial score (nSPS) is 13.8. The fraction of sp³-hybridized carbons (Fsp3) is 0.738. The van der Waals surface area contributed by atoms with Crippen LogP contribution < -0.4 is 5.32 Å². The van der Waals surface area contributed by atoms with E-state index in [1.54, 1.807) is 0 Å². The number of hydrogen-bond donors (Lipinski definition) is 3. The molecule has 0 saturated heterocycles. The molecule has 0 aromatic heterocycles. The molecule has 0 aliphatic carbocycles. The van der Waals surface area contributed by atoms with Crippen molar-refractivity contribution in [1.29, 1.82) is 0 Å². The van der Waals surface area contributed by atoms with Gasteiger partial charge in [-0.1, -0.05) is 266 Å². The van der Waals surface area contributed by atoms with Crippen LogP contribution in [0.25, 0.3) is 0 Å². The van der Waals surface area contributed by atoms with Crippen LogP contribution in [0.3, 0.4) is 0 Å². The average molecular weight is 935 g/mol. The van der Waals surface area contributed by atoms with Crippen molar-refractivity contribution in [3.05, 3.63) is 85.1 Å². The van der Waals surface area contributed by atoms with Gasteiger partial charge in [0.1, 0.15) is 6.10 Å². The zero-order valence-corrected chi connectivity index (χ0v) is 44.0. The molecule has 0 aromatic carbocycles. The molecular formula is C61H107NO5. The van der Waals surface area contributed by atoms with Crippen LogP contribution in [0.1, 0.15) is 265 Å². The third kappa shape index (κ3) is 49.3. The summed E-state index contributed by atoms with van der Waals surface area (Å²) >= 11 is 0. The molecule has 67 heavy (non-hydrogen) atoms. The van der Waals surface area contributed by atoms with Crippen molar-refractivity contribution in [3.8, 4) is 0 Å². The van der Waals surface area contributed by atoms with Gasteiger partial charge in [-0.15, -0.1) is 0 Å². The molecule has 6 heteroatoms. The van der Waals surface area contributed by atoms with E-state index in [0.29, 0.717) is 19.3 Å². The molecule has 3 atom stereocenters. The Morgan fingerprint density at radius 1 is 0.433 bits per heavy atom. The highest BCUT2D eigenvalue weighted by Gasteiger charge is 2.24. The van der Waals surface area contributed by atoms with Gasteiger partial charge in [0.05, 0.1) is 25.2 Å². The largest absolute Gasteiger partial charge is 0.462 e. The highest BCUT2D eigenvalue weighted by molar-refractivity contribution is 5.77. The smallest absolute Gasteiger partial charge is 0.306 e. The SMILES string of the molecule is CCC/C=C/C=C/C=C/C=C/C=C/CCCCCC(CC(=O)NC(CO)C(O)CCCCCCCCCCCCCCCCCCC)OC(=O)CCCCCCCC/C=C/C=C/CCCCC. The lowest BCUT2D eigenvalue weighted by Gasteiger charge is -2.24. The third-order valence-electron chi connectivity index (χ3n) is 12.6. The number of ether oxygens (including phenoxy) is 1. The number of hydrogen-bond acceptors (Lipinski definition) is 5. The Labute approximate surface area is 414 Å². The molecule has 0 fully saturated rings. The van der Waals surface area contributed by atoms with E-state index in [0.717, 1.165) is 77.0 Å². The molecule has 0 bridgehead atoms. The highest BCUT2D eigenvalue weighted by atomic mass is 16.5. The van der Waals surface area contributed by atoms with Crippen LogP contribution in [0.15, 0.2) is 85.1 Å². The second-order valence-electron chi connectivity index (χ2n) is 19.1. The molecule has 386 valence electrons. The second kappa shape index (κ2) is 54.0. The minimum atomic E-state index is -0.807. The van der Waals surface area contributed by atoms with Gasteiger partial charge in [0.15, 0.2) is 0 Å². The van der Waals surface area contributed by atoms with Gasteiger partial charge in [-0.2, -0.15) is 0 Å². The first-order valence-electron chi connectivity index (χ1n) is 28.4. The Bertz CT molecular complexity index is 1280. The monoisotopic (exact) mass is 934 g/mol. The average Bonchev–Trinajstić information content (AvgIpc) is 3.32. The summed E-state index contributed by atoms with van der Waals surface area (Å²) in [4.78, 5) is 26.3. The van der Waals surface area contributed by atoms with Gasteiger partial charge in [-0.3, -0.25) is 9.59 Å². The van der Waals surface area contributed by atoms with Crippen molar-refractivity contribution in [2.24, 2.45) is 0 Å². The predicted molar refractivity (Wildman–Crippen MR) is 291 cm³/mol. The van der Waals surface area contributed by atoms with E-state index in [1.807, 2.05) is 36.5 Å². The first kappa shape index (κ1) is 64.0. The molecule has 0 aromatic rings. The summed E-state index contributed by atoms with van der Waals surface area (Å²) < 4.78 is 5.93. The number of esters is 1. The van der Waals surface area contributed by atoms with Gasteiger partial charge in [-0.25, -0.2) is 0 Å². The lowest BCUT2D eigenvalue weighted by atomic mass is 10.0. The molecule has 6 nitrogen and oxygen atoms in total. The maximum atomic E-state index is 13.3. The quantitative estimate of drug-likeness (QED) is 0.0321. The Morgan fingerprint density at radius 2 is 0.791 bits per heavy atom. The van der Waals surface area contributed by atoms with Crippen molar-refractivity contribution >= 4 is 11.9 Å². The van der Waals surface area contributed by atoms with Gasteiger partial charge in [0, 0.05) is 6.42 Å². The number of amides is 1. The van der Waals surface area contributed by atoms with Crippen molar-refractivity contribution in [1.82, 2.24) is 5.32 Å². The van der Waals surface area contributed by atoms with Crippen LogP contribution >= 0.6 is 0 Å². The van der Waals surface area contributed by atoms with Crippen molar-refractivity contribution in [3.63, 3.8) is 0 Å². The van der Waals surface area contributed by atoms with Crippen molar-refractivity contribution in [2.75, 3.05) is 6.61 Å². The Morgan fingerprint density at radius 3 is 1.27 bits per heavy atom. The van der Waals surface area contributed by atoms with Crippen LogP contribution in [0.4, 0.5) is 0 Å². The number of unbranched alkanes of at least 4 members (excludes halogenated alkanes) is 29. The van der Waals surface area contributed by atoms with E-state index < -0.39 is 18.2 Å². The van der Waals surface area contributed by atoms with Crippen LogP contribution in [-0.4, -0.2) is 46.9 Å². The molecule has 0 aliphatic heterocycles. The molecule has 1 amide bonds. The lowest BCUT2D eigenvalue weighted by Crippen LogP contribution is -2.46. The molecule has 0 aliphatic rings. The Kier molecular flexibility index (Phi) is 51.6. The third-order valence-corrected chi connectivity index (χ3v) is 12.6. The molecule has 3 unspecified atom stereocenters. The molecular weight excluding hydrogens is 827 g/mol. The maximum absolute atomic E-state index is 13.3. The maximum Gasteiger partial charge on any atom is 0.306 e. The molecule has 0 spiro atoms. The van der Waals surface area contributed by atoms with E-state index in [1.165, 1.54) is 141 Å². The van der Waals surface area contributed by atoms with Crippen molar-refractivity contribution in [2.45, 2.75) is 283 Å². The number of aliphatic hydroxyl groups is 2. The van der Waals surface area contributed by atoms with Gasteiger partial charge in [0.2, 0.25) is 5.91 Å². The summed E-state index contributed by atoms with van der Waals surface area (Å²) in [6.07, 6.45) is 70.7. The first-order chi connectivity index (χ1) is 33.0. The first-order valence-corrected chi connectivity index (χ1v) is 28.4. The summed E-state index contributed by atoms with van der Waals surface area (Å²) in [7, 11) is 0. The fourth-order valence-corrected chi connectivity index (χ4v) is 8.28. The molecule has 0 rings (SSSR count). The van der Waals surface area contributed by atoms with Crippen molar-refractivity contribution < 1.29 is 24.5 Å². The van der Waals surface area contributed by atoms with Gasteiger partial charge in [-0.05, 0) is 70.6 Å². The fourth-order valence-electron chi connectivity index (χ4n) is 8.28. The van der Waals surface area contributed by atoms with E-state index in [9.17, 15) is 19.8 Å². The number of nitrogens with one attached hydrogen (secondary N) is 1. The van der Waals surface area contributed by atoms with E-state index in [4.69, 9.17) is 4.74 Å². The number of aliphatic hydroxyl groups excluding tert-OH is 2. The highest BCUT2D eigenvalue weighted by Crippen LogP contribution is 2.18. The summed E-state index contributed by atoms with van der Waals surface area (Å²) in [6, 6.07) is -0.724. The zero-order valence-electron chi connectivity index (χ0n) is 44.0. The standard InChI is InChI=1S/C61H107NO5/c1-4-7-10-13-16-19-22-25-28-30-33-35-38-41-44-47-50-53-59(64)58(56-63)62-60(65)55-57(52-49-46-43-40-37-34-32-29-26-23-20-17-14-11-8-5-2)67-61(66)54-51-48-45-42-39-36-31-27-24-21-18-15-12-9-6-3/h11,14,17-18,20-21,23-24,26-27,29,32,34,37,57-59,63-64H,4-10,12-13,15-16,19,22,25,28,30-31,33,35-36,38-56H2,1-3H3,(H,62,65)/b14-11+,20-17+,21-18+,26-23+,27-24+,32-29+,37-34+. The summed E-state index contributed by atoms with van der Waals surface area (Å²) in [5.41, 5.74) is 0. The summed E-state index contributed by atoms with van der Waals surface area (Å²) in [5.74, 6) is -0.529. The van der Waals surface area contributed by atoms with E-state index >= 15 is 0 Å². The minimum Gasteiger partial charge on any atom is -0.462 e. The Balaban J connectivity index is 4.65. The summed E-state index contributed by atoms with van der Waals surface area (Å²) in [6.45, 7) is 6.37. The molecule has 0 saturated carbocycles. The lowest BCUT2D eigenvalue weighted by molar-refractivity contribution is -0.151. The minimum absolute atomic E-state index is 0.0413. The van der Waals surface area contributed by atoms with Crippen LogP contribution in [0, 0.1) is 0 Å². The van der Waals surface area contributed by atoms with Gasteiger partial charge in [0.25, 0.3) is 0 Å². The number of carbonyl (C=O) groups is 2. The number of carbonyl (C=O) groups excluding carboxylic acids is 2. The predicted octanol–water partition coefficient (Wildman–Crippen LogP) is 17.5. The topological polar surface area (TPSA) is 95.9 Å². The van der Waals surface area contributed by atoms with Crippen LogP contribution in [-0.2, 0) is 14.3 Å². The Hall–Kier alpha value is -2.96. The molecule has 0 radical (unpaired) electrons.